The summed E-state index contributed by atoms with van der Waals surface area (Å²) < 4.78 is 0. The highest BCUT2D eigenvalue weighted by molar-refractivity contribution is 5.79. The van der Waals surface area contributed by atoms with Crippen LogP contribution in [0.2, 0.25) is 0 Å². The zero-order valence-electron chi connectivity index (χ0n) is 9.79. The predicted octanol–water partition coefficient (Wildman–Crippen LogP) is 2.60. The summed E-state index contributed by atoms with van der Waals surface area (Å²) in [5.74, 6) is 0.162. The summed E-state index contributed by atoms with van der Waals surface area (Å²) in [7, 11) is 0. The summed E-state index contributed by atoms with van der Waals surface area (Å²) in [6.07, 6.45) is 5.74. The van der Waals surface area contributed by atoms with Crippen LogP contribution >= 0.6 is 0 Å². The predicted molar refractivity (Wildman–Crippen MR) is 66.1 cm³/mol. The average molecular weight is 215 g/mol. The molecule has 1 aromatic rings. The Balaban J connectivity index is 2.06. The summed E-state index contributed by atoms with van der Waals surface area (Å²) in [5, 5.41) is 2.92. The van der Waals surface area contributed by atoms with Crippen LogP contribution in [-0.4, -0.2) is 11.9 Å². The van der Waals surface area contributed by atoms with E-state index < -0.39 is 0 Å². The Bertz CT molecular complexity index is 434. The molecule has 1 aliphatic heterocycles. The van der Waals surface area contributed by atoms with E-state index in [1.807, 2.05) is 0 Å². The molecule has 1 saturated heterocycles. The SMILES string of the molecule is Cc1ccc(/C=C/[C@H]2CCC(=O)N2)cc1C. The molecular weight excluding hydrogens is 198 g/mol. The van der Waals surface area contributed by atoms with E-state index in [1.54, 1.807) is 0 Å². The molecule has 2 heteroatoms. The van der Waals surface area contributed by atoms with Gasteiger partial charge in [0.15, 0.2) is 0 Å². The van der Waals surface area contributed by atoms with Crippen LogP contribution in [0.5, 0.6) is 0 Å². The molecule has 0 unspecified atom stereocenters. The van der Waals surface area contributed by atoms with Crippen LogP contribution in [0.1, 0.15) is 29.5 Å². The molecule has 0 bridgehead atoms. The second-order valence-electron chi connectivity index (χ2n) is 4.42. The van der Waals surface area contributed by atoms with Crippen molar-refractivity contribution in [3.05, 3.63) is 41.0 Å². The largest absolute Gasteiger partial charge is 0.350 e. The molecule has 2 rings (SSSR count). The number of aryl methyl sites for hydroxylation is 2. The summed E-state index contributed by atoms with van der Waals surface area (Å²) in [4.78, 5) is 11.0. The molecule has 0 aliphatic carbocycles. The standard InChI is InChI=1S/C14H17NO/c1-10-3-4-12(9-11(10)2)5-6-13-7-8-14(16)15-13/h3-6,9,13H,7-8H2,1-2H3,(H,15,16)/b6-5+/t13-/m0/s1. The van der Waals surface area contributed by atoms with E-state index in [0.717, 1.165) is 6.42 Å². The lowest BCUT2D eigenvalue weighted by molar-refractivity contribution is -0.119. The van der Waals surface area contributed by atoms with Crippen LogP contribution in [0.4, 0.5) is 0 Å². The minimum Gasteiger partial charge on any atom is -0.350 e. The number of hydrogen-bond donors (Lipinski definition) is 1. The van der Waals surface area contributed by atoms with Gasteiger partial charge in [-0.3, -0.25) is 4.79 Å². The lowest BCUT2D eigenvalue weighted by Crippen LogP contribution is -2.22. The first-order valence-corrected chi connectivity index (χ1v) is 5.70. The van der Waals surface area contributed by atoms with E-state index in [0.29, 0.717) is 6.42 Å². The Morgan fingerprint density at radius 1 is 1.31 bits per heavy atom. The van der Waals surface area contributed by atoms with Crippen molar-refractivity contribution >= 4 is 12.0 Å². The molecule has 2 nitrogen and oxygen atoms in total. The number of amides is 1. The number of carbonyl (C=O) groups excluding carboxylic acids is 1. The lowest BCUT2D eigenvalue weighted by atomic mass is 10.1. The van der Waals surface area contributed by atoms with E-state index in [1.165, 1.54) is 16.7 Å². The molecule has 84 valence electrons. The monoisotopic (exact) mass is 215 g/mol. The Morgan fingerprint density at radius 2 is 2.12 bits per heavy atom. The first-order chi connectivity index (χ1) is 7.65. The second-order valence-corrected chi connectivity index (χ2v) is 4.42. The fourth-order valence-corrected chi connectivity index (χ4v) is 1.88. The van der Waals surface area contributed by atoms with Gasteiger partial charge in [0, 0.05) is 12.5 Å². The van der Waals surface area contributed by atoms with Crippen LogP contribution in [0.3, 0.4) is 0 Å². The normalized spacial score (nSPS) is 20.4. The number of carbonyl (C=O) groups is 1. The highest BCUT2D eigenvalue weighted by atomic mass is 16.1. The van der Waals surface area contributed by atoms with Crippen LogP contribution in [0.25, 0.3) is 6.08 Å². The Hall–Kier alpha value is -1.57. The first-order valence-electron chi connectivity index (χ1n) is 5.70. The van der Waals surface area contributed by atoms with Crippen molar-refractivity contribution in [3.8, 4) is 0 Å². The van der Waals surface area contributed by atoms with E-state index in [4.69, 9.17) is 0 Å². The molecule has 0 radical (unpaired) electrons. The minimum atomic E-state index is 0.162. The summed E-state index contributed by atoms with van der Waals surface area (Å²) in [6.45, 7) is 4.23. The van der Waals surface area contributed by atoms with Crippen molar-refractivity contribution in [1.82, 2.24) is 5.32 Å². The van der Waals surface area contributed by atoms with Gasteiger partial charge in [-0.1, -0.05) is 30.4 Å². The van der Waals surface area contributed by atoms with Gasteiger partial charge in [0.05, 0.1) is 0 Å². The topological polar surface area (TPSA) is 29.1 Å². The van der Waals surface area contributed by atoms with Crippen molar-refractivity contribution in [3.63, 3.8) is 0 Å². The summed E-state index contributed by atoms with van der Waals surface area (Å²) >= 11 is 0. The van der Waals surface area contributed by atoms with E-state index in [-0.39, 0.29) is 11.9 Å². The Kier molecular flexibility index (Phi) is 3.09. The Morgan fingerprint density at radius 3 is 2.75 bits per heavy atom. The molecule has 1 fully saturated rings. The van der Waals surface area contributed by atoms with Gasteiger partial charge < -0.3 is 5.32 Å². The molecule has 1 aromatic carbocycles. The molecule has 16 heavy (non-hydrogen) atoms. The van der Waals surface area contributed by atoms with Crippen molar-refractivity contribution < 1.29 is 4.79 Å². The van der Waals surface area contributed by atoms with Gasteiger partial charge in [0.2, 0.25) is 5.91 Å². The van der Waals surface area contributed by atoms with Gasteiger partial charge in [0.25, 0.3) is 0 Å². The molecule has 0 aromatic heterocycles. The fraction of sp³-hybridized carbons (Fsp3) is 0.357. The van der Waals surface area contributed by atoms with Gasteiger partial charge in [-0.25, -0.2) is 0 Å². The van der Waals surface area contributed by atoms with Crippen molar-refractivity contribution in [2.75, 3.05) is 0 Å². The maximum absolute atomic E-state index is 11.0. The number of rotatable bonds is 2. The van der Waals surface area contributed by atoms with Crippen LogP contribution < -0.4 is 5.32 Å². The summed E-state index contributed by atoms with van der Waals surface area (Å²) in [5.41, 5.74) is 3.81. The number of nitrogens with one attached hydrogen (secondary N) is 1. The van der Waals surface area contributed by atoms with Crippen LogP contribution in [-0.2, 0) is 4.79 Å². The molecule has 1 atom stereocenters. The van der Waals surface area contributed by atoms with Crippen LogP contribution in [0, 0.1) is 13.8 Å². The van der Waals surface area contributed by atoms with Gasteiger partial charge in [-0.05, 0) is 37.0 Å². The molecule has 1 N–H and O–H groups in total. The summed E-state index contributed by atoms with van der Waals surface area (Å²) in [6, 6.07) is 6.62. The molecule has 0 spiro atoms. The van der Waals surface area contributed by atoms with Crippen molar-refractivity contribution in [1.29, 1.82) is 0 Å². The molecule has 1 aliphatic rings. The maximum atomic E-state index is 11.0. The highest BCUT2D eigenvalue weighted by Gasteiger charge is 2.17. The third-order valence-electron chi connectivity index (χ3n) is 3.08. The number of benzene rings is 1. The lowest BCUT2D eigenvalue weighted by Gasteiger charge is -2.04. The molecule has 0 saturated carbocycles. The van der Waals surface area contributed by atoms with Gasteiger partial charge in [-0.15, -0.1) is 0 Å². The van der Waals surface area contributed by atoms with Crippen molar-refractivity contribution in [2.24, 2.45) is 0 Å². The zero-order chi connectivity index (χ0) is 11.5. The molecule has 1 amide bonds. The van der Waals surface area contributed by atoms with E-state index in [2.05, 4.69) is 49.5 Å². The molecule has 1 heterocycles. The first kappa shape index (κ1) is 10.9. The van der Waals surface area contributed by atoms with Gasteiger partial charge >= 0.3 is 0 Å². The highest BCUT2D eigenvalue weighted by Crippen LogP contribution is 2.13. The smallest absolute Gasteiger partial charge is 0.220 e. The average Bonchev–Trinajstić information content (AvgIpc) is 2.66. The third-order valence-corrected chi connectivity index (χ3v) is 3.08. The van der Waals surface area contributed by atoms with E-state index >= 15 is 0 Å². The van der Waals surface area contributed by atoms with Crippen LogP contribution in [0.15, 0.2) is 24.3 Å². The third kappa shape index (κ3) is 2.51. The quantitative estimate of drug-likeness (QED) is 0.807. The minimum absolute atomic E-state index is 0.162. The van der Waals surface area contributed by atoms with Crippen molar-refractivity contribution in [2.45, 2.75) is 32.7 Å². The Labute approximate surface area is 96.4 Å². The fourth-order valence-electron chi connectivity index (χ4n) is 1.88. The maximum Gasteiger partial charge on any atom is 0.220 e. The number of hydrogen-bond acceptors (Lipinski definition) is 1. The molecular formula is C14H17NO. The van der Waals surface area contributed by atoms with Gasteiger partial charge in [-0.2, -0.15) is 0 Å². The second kappa shape index (κ2) is 4.52. The van der Waals surface area contributed by atoms with Gasteiger partial charge in [0.1, 0.15) is 0 Å². The zero-order valence-corrected chi connectivity index (χ0v) is 9.79. The van der Waals surface area contributed by atoms with E-state index in [9.17, 15) is 4.79 Å².